The molecule has 1 aromatic carbocycles. The van der Waals surface area contributed by atoms with Gasteiger partial charge in [0, 0.05) is 62.9 Å². The van der Waals surface area contributed by atoms with Crippen molar-refractivity contribution in [3.8, 4) is 0 Å². The Morgan fingerprint density at radius 2 is 1.69 bits per heavy atom. The number of nitrogens with one attached hydrogen (secondary N) is 2. The molecule has 0 spiro atoms. The van der Waals surface area contributed by atoms with E-state index in [1.54, 1.807) is 9.80 Å². The maximum Gasteiger partial charge on any atom is 0.317 e. The fourth-order valence-electron chi connectivity index (χ4n) is 4.06. The number of amides is 3. The molecule has 174 valence electrons. The molecule has 2 aliphatic rings. The Kier molecular flexibility index (Phi) is 6.97. The van der Waals surface area contributed by atoms with Crippen LogP contribution in [0.4, 0.5) is 4.79 Å². The van der Waals surface area contributed by atoms with Gasteiger partial charge in [0.05, 0.1) is 25.4 Å². The lowest BCUT2D eigenvalue weighted by atomic mass is 10.1. The predicted octanol–water partition coefficient (Wildman–Crippen LogP) is 0.226. The summed E-state index contributed by atoms with van der Waals surface area (Å²) >= 11 is 0. The van der Waals surface area contributed by atoms with Gasteiger partial charge >= 0.3 is 6.03 Å². The molecule has 0 unspecified atom stereocenters. The summed E-state index contributed by atoms with van der Waals surface area (Å²) in [6, 6.07) is 7.58. The summed E-state index contributed by atoms with van der Waals surface area (Å²) < 4.78 is 31.2. The first-order chi connectivity index (χ1) is 15.4. The van der Waals surface area contributed by atoms with Gasteiger partial charge in [-0.25, -0.2) is 13.2 Å². The molecule has 0 radical (unpaired) electrons. The van der Waals surface area contributed by atoms with E-state index in [2.05, 4.69) is 10.3 Å². The van der Waals surface area contributed by atoms with Crippen LogP contribution in [-0.2, 0) is 26.0 Å². The molecule has 1 aromatic heterocycles. The van der Waals surface area contributed by atoms with E-state index in [1.807, 2.05) is 30.5 Å². The molecule has 10 nitrogen and oxygen atoms in total. The first kappa shape index (κ1) is 22.6. The number of urea groups is 1. The van der Waals surface area contributed by atoms with Gasteiger partial charge in [-0.15, -0.1) is 0 Å². The number of carbonyl (C=O) groups is 2. The highest BCUT2D eigenvalue weighted by Crippen LogP contribution is 2.19. The fraction of sp³-hybridized carbons (Fsp3) is 0.524. The van der Waals surface area contributed by atoms with Crippen molar-refractivity contribution in [2.24, 2.45) is 0 Å². The molecule has 2 aliphatic heterocycles. The predicted molar refractivity (Wildman–Crippen MR) is 120 cm³/mol. The average Bonchev–Trinajstić information content (AvgIpc) is 3.22. The van der Waals surface area contributed by atoms with Crippen LogP contribution in [0.15, 0.2) is 30.5 Å². The second-order valence-electron chi connectivity index (χ2n) is 7.96. The number of H-pyrrole nitrogens is 1. The van der Waals surface area contributed by atoms with E-state index in [-0.39, 0.29) is 24.2 Å². The number of aromatic nitrogens is 1. The highest BCUT2D eigenvalue weighted by molar-refractivity contribution is 7.89. The maximum atomic E-state index is 12.7. The van der Waals surface area contributed by atoms with E-state index in [0.717, 1.165) is 16.5 Å². The lowest BCUT2D eigenvalue weighted by molar-refractivity contribution is -0.131. The minimum Gasteiger partial charge on any atom is -0.379 e. The van der Waals surface area contributed by atoms with Crippen molar-refractivity contribution >= 4 is 32.9 Å². The van der Waals surface area contributed by atoms with Crippen molar-refractivity contribution in [3.63, 3.8) is 0 Å². The lowest BCUT2D eigenvalue weighted by Gasteiger charge is -2.34. The van der Waals surface area contributed by atoms with E-state index >= 15 is 0 Å². The van der Waals surface area contributed by atoms with Crippen LogP contribution in [-0.4, -0.2) is 104 Å². The van der Waals surface area contributed by atoms with Gasteiger partial charge in [-0.2, -0.15) is 4.31 Å². The number of piperazine rings is 1. The normalized spacial score (nSPS) is 18.1. The molecule has 2 aromatic rings. The zero-order chi connectivity index (χ0) is 22.6. The summed E-state index contributed by atoms with van der Waals surface area (Å²) in [6.45, 7) is 3.31. The Hall–Kier alpha value is -2.63. The summed E-state index contributed by atoms with van der Waals surface area (Å²) in [6.07, 6.45) is 2.19. The van der Waals surface area contributed by atoms with Gasteiger partial charge in [-0.3, -0.25) is 4.79 Å². The Balaban J connectivity index is 1.21. The van der Waals surface area contributed by atoms with Crippen molar-refractivity contribution < 1.29 is 22.7 Å². The second-order valence-corrected chi connectivity index (χ2v) is 10.1. The summed E-state index contributed by atoms with van der Waals surface area (Å²) in [4.78, 5) is 31.7. The summed E-state index contributed by atoms with van der Waals surface area (Å²) in [5.41, 5.74) is 1.97. The molecular formula is C21H29N5O5S. The van der Waals surface area contributed by atoms with E-state index in [4.69, 9.17) is 4.74 Å². The number of nitrogens with zero attached hydrogens (tertiary/aromatic N) is 3. The maximum absolute atomic E-state index is 12.7. The second kappa shape index (κ2) is 9.88. The highest BCUT2D eigenvalue weighted by atomic mass is 32.2. The van der Waals surface area contributed by atoms with E-state index in [9.17, 15) is 18.0 Å². The number of benzene rings is 1. The van der Waals surface area contributed by atoms with Gasteiger partial charge < -0.3 is 24.8 Å². The Labute approximate surface area is 187 Å². The number of fused-ring (bicyclic) bond motifs is 1. The Morgan fingerprint density at radius 1 is 1.00 bits per heavy atom. The summed E-state index contributed by atoms with van der Waals surface area (Å²) in [7, 11) is -3.41. The number of para-hydroxylation sites is 1. The van der Waals surface area contributed by atoms with Crippen LogP contribution in [0.3, 0.4) is 0 Å². The number of rotatable bonds is 6. The SMILES string of the molecule is O=C(Cc1c[nH]c2ccccc12)N1CCN(C(=O)NCCS(=O)(=O)N2CCOCC2)CC1. The van der Waals surface area contributed by atoms with Gasteiger partial charge in [0.25, 0.3) is 0 Å². The number of ether oxygens (including phenoxy) is 1. The smallest absolute Gasteiger partial charge is 0.317 e. The Morgan fingerprint density at radius 3 is 2.44 bits per heavy atom. The fourth-order valence-corrected chi connectivity index (χ4v) is 5.39. The highest BCUT2D eigenvalue weighted by Gasteiger charge is 2.26. The molecule has 3 heterocycles. The molecule has 3 amide bonds. The van der Waals surface area contributed by atoms with E-state index < -0.39 is 10.0 Å². The summed E-state index contributed by atoms with van der Waals surface area (Å²) in [5.74, 6) is -0.103. The standard InChI is InChI=1S/C21H29N5O5S/c27-20(15-17-16-23-19-4-2-1-3-18(17)19)24-6-8-25(9-7-24)21(28)22-5-14-32(29,30)26-10-12-31-13-11-26/h1-4,16,23H,5-15H2,(H,22,28). The zero-order valence-electron chi connectivity index (χ0n) is 18.0. The molecule has 0 bridgehead atoms. The topological polar surface area (TPSA) is 115 Å². The third-order valence-electron chi connectivity index (χ3n) is 5.94. The molecule has 2 fully saturated rings. The van der Waals surface area contributed by atoms with Crippen molar-refractivity contribution in [2.45, 2.75) is 6.42 Å². The number of sulfonamides is 1. The van der Waals surface area contributed by atoms with Crippen molar-refractivity contribution in [2.75, 3.05) is 64.8 Å². The number of hydrogen-bond donors (Lipinski definition) is 2. The molecule has 11 heteroatoms. The van der Waals surface area contributed by atoms with Crippen LogP contribution in [0.25, 0.3) is 10.9 Å². The van der Waals surface area contributed by atoms with Gasteiger partial charge in [0.2, 0.25) is 15.9 Å². The number of carbonyl (C=O) groups excluding carboxylic acids is 2. The van der Waals surface area contributed by atoms with E-state index in [1.165, 1.54) is 4.31 Å². The molecule has 0 saturated carbocycles. The minimum absolute atomic E-state index is 0.0337. The number of morpholine rings is 1. The largest absolute Gasteiger partial charge is 0.379 e. The molecule has 0 aliphatic carbocycles. The van der Waals surface area contributed by atoms with Gasteiger partial charge in [-0.05, 0) is 11.6 Å². The third kappa shape index (κ3) is 5.22. The van der Waals surface area contributed by atoms with Crippen LogP contribution < -0.4 is 5.32 Å². The zero-order valence-corrected chi connectivity index (χ0v) is 18.8. The van der Waals surface area contributed by atoms with Crippen LogP contribution in [0.1, 0.15) is 5.56 Å². The molecule has 2 saturated heterocycles. The van der Waals surface area contributed by atoms with Gasteiger partial charge in [0.1, 0.15) is 0 Å². The van der Waals surface area contributed by atoms with Crippen LogP contribution >= 0.6 is 0 Å². The molecular weight excluding hydrogens is 434 g/mol. The summed E-state index contributed by atoms with van der Waals surface area (Å²) in [5, 5.41) is 3.74. The minimum atomic E-state index is -3.41. The van der Waals surface area contributed by atoms with E-state index in [0.29, 0.717) is 58.9 Å². The lowest BCUT2D eigenvalue weighted by Crippen LogP contribution is -2.54. The Bertz CT molecular complexity index is 1060. The molecule has 2 N–H and O–H groups in total. The molecule has 32 heavy (non-hydrogen) atoms. The van der Waals surface area contributed by atoms with Crippen molar-refractivity contribution in [1.82, 2.24) is 24.4 Å². The van der Waals surface area contributed by atoms with Crippen LogP contribution in [0, 0.1) is 0 Å². The third-order valence-corrected chi connectivity index (χ3v) is 7.81. The first-order valence-electron chi connectivity index (χ1n) is 10.9. The van der Waals surface area contributed by atoms with Crippen molar-refractivity contribution in [3.05, 3.63) is 36.0 Å². The molecule has 0 atom stereocenters. The van der Waals surface area contributed by atoms with Crippen LogP contribution in [0.5, 0.6) is 0 Å². The van der Waals surface area contributed by atoms with Crippen molar-refractivity contribution in [1.29, 1.82) is 0 Å². The number of aromatic amines is 1. The first-order valence-corrected chi connectivity index (χ1v) is 12.5. The average molecular weight is 464 g/mol. The molecule has 4 rings (SSSR count). The van der Waals surface area contributed by atoms with Gasteiger partial charge in [0.15, 0.2) is 0 Å². The monoisotopic (exact) mass is 463 g/mol. The quantitative estimate of drug-likeness (QED) is 0.636. The number of hydrogen-bond acceptors (Lipinski definition) is 5. The van der Waals surface area contributed by atoms with Gasteiger partial charge in [-0.1, -0.05) is 18.2 Å². The van der Waals surface area contributed by atoms with Crippen LogP contribution in [0.2, 0.25) is 0 Å².